The van der Waals surface area contributed by atoms with E-state index in [2.05, 4.69) is 32.8 Å². The van der Waals surface area contributed by atoms with Gasteiger partial charge >= 0.3 is 0 Å². The van der Waals surface area contributed by atoms with E-state index in [-0.39, 0.29) is 28.4 Å². The van der Waals surface area contributed by atoms with Crippen molar-refractivity contribution in [3.8, 4) is 5.75 Å². The number of carbonyl (C=O) groups is 3. The molecule has 3 aromatic rings. The van der Waals surface area contributed by atoms with E-state index in [9.17, 15) is 14.4 Å². The highest BCUT2D eigenvalue weighted by atomic mass is 79.9. The summed E-state index contributed by atoms with van der Waals surface area (Å²) in [5.41, 5.74) is 2.86. The first-order valence-corrected chi connectivity index (χ1v) is 15.1. The number of aliphatic imine (C=N–C) groups is 1. The number of amidine groups is 1. The zero-order chi connectivity index (χ0) is 30.8. The largest absolute Gasteiger partial charge is 0.496 e. The van der Waals surface area contributed by atoms with E-state index in [1.165, 1.54) is 11.0 Å². The Bertz CT molecular complexity index is 1590. The van der Waals surface area contributed by atoms with Gasteiger partial charge in [-0.05, 0) is 63.8 Å². The summed E-state index contributed by atoms with van der Waals surface area (Å²) < 4.78 is 5.95. The highest BCUT2D eigenvalue weighted by Crippen LogP contribution is 2.30. The quantitative estimate of drug-likeness (QED) is 0.147. The Morgan fingerprint density at radius 3 is 2.28 bits per heavy atom. The second-order valence-electron chi connectivity index (χ2n) is 9.21. The Labute approximate surface area is 263 Å². The van der Waals surface area contributed by atoms with Crippen molar-refractivity contribution in [2.45, 2.75) is 13.0 Å². The number of methoxy groups -OCH3 is 1. The monoisotopic (exact) mass is 655 g/mol. The van der Waals surface area contributed by atoms with Crippen LogP contribution in [0.3, 0.4) is 0 Å². The second kappa shape index (κ2) is 15.1. The normalized spacial score (nSPS) is 14.8. The molecule has 218 valence electrons. The molecular formula is C34H30BrN3O4S. The smallest absolute Gasteiger partial charge is 0.285 e. The maximum atomic E-state index is 13.8. The molecular weight excluding hydrogens is 626 g/mol. The minimum atomic E-state index is -0.689. The van der Waals surface area contributed by atoms with Gasteiger partial charge in [0.1, 0.15) is 11.3 Å². The summed E-state index contributed by atoms with van der Waals surface area (Å²) in [6.07, 6.45) is 8.18. The fourth-order valence-corrected chi connectivity index (χ4v) is 5.70. The first kappa shape index (κ1) is 31.5. The van der Waals surface area contributed by atoms with Gasteiger partial charge in [0.15, 0.2) is 5.17 Å². The van der Waals surface area contributed by atoms with Crippen molar-refractivity contribution < 1.29 is 19.1 Å². The third-order valence-corrected chi connectivity index (χ3v) is 7.96. The van der Waals surface area contributed by atoms with Crippen molar-refractivity contribution in [3.63, 3.8) is 0 Å². The SMILES string of the molecule is C=C/C=C\C(=C/C)N1C(=O)/C(=C/c2ccc(OC)c(Br)c2)C(=O)N=C1SCC(=O)NC(c1ccccc1)c1ccccc1. The Hall–Kier alpha value is -4.47. The lowest BCUT2D eigenvalue weighted by Gasteiger charge is -2.28. The lowest BCUT2D eigenvalue weighted by molar-refractivity contribution is -0.126. The summed E-state index contributed by atoms with van der Waals surface area (Å²) in [6.45, 7) is 5.48. The van der Waals surface area contributed by atoms with Gasteiger partial charge in [-0.15, -0.1) is 0 Å². The number of benzene rings is 3. The van der Waals surface area contributed by atoms with Crippen LogP contribution < -0.4 is 10.1 Å². The summed E-state index contributed by atoms with van der Waals surface area (Å²) >= 11 is 4.45. The molecule has 0 unspecified atom stereocenters. The molecule has 43 heavy (non-hydrogen) atoms. The van der Waals surface area contributed by atoms with Gasteiger partial charge in [-0.1, -0.05) is 103 Å². The molecule has 0 spiro atoms. The minimum Gasteiger partial charge on any atom is -0.496 e. The molecule has 0 aromatic heterocycles. The summed E-state index contributed by atoms with van der Waals surface area (Å²) in [5.74, 6) is -0.974. The molecule has 0 radical (unpaired) electrons. The van der Waals surface area contributed by atoms with Gasteiger partial charge in [-0.25, -0.2) is 0 Å². The van der Waals surface area contributed by atoms with E-state index in [4.69, 9.17) is 4.74 Å². The van der Waals surface area contributed by atoms with E-state index in [0.29, 0.717) is 21.5 Å². The molecule has 1 N–H and O–H groups in total. The van der Waals surface area contributed by atoms with E-state index in [1.807, 2.05) is 60.7 Å². The van der Waals surface area contributed by atoms with E-state index in [1.54, 1.807) is 56.5 Å². The fourth-order valence-electron chi connectivity index (χ4n) is 4.33. The van der Waals surface area contributed by atoms with Crippen molar-refractivity contribution in [3.05, 3.63) is 142 Å². The lowest BCUT2D eigenvalue weighted by Crippen LogP contribution is -2.42. The van der Waals surface area contributed by atoms with Crippen molar-refractivity contribution in [2.75, 3.05) is 12.9 Å². The highest BCUT2D eigenvalue weighted by molar-refractivity contribution is 9.10. The first-order valence-electron chi connectivity index (χ1n) is 13.4. The number of hydrogen-bond donors (Lipinski definition) is 1. The number of nitrogens with one attached hydrogen (secondary N) is 1. The standard InChI is InChI=1S/C34H30BrN3O4S/c1-4-6-17-26(5-2)38-33(41)27(20-23-18-19-29(42-3)28(35)21-23)32(40)37-34(38)43-22-30(39)36-31(24-13-9-7-10-14-24)25-15-11-8-12-16-25/h4-21,31H,1,22H2,2-3H3,(H,36,39)/b17-6-,26-5+,27-20+. The molecule has 0 aliphatic carbocycles. The third kappa shape index (κ3) is 7.88. The lowest BCUT2D eigenvalue weighted by atomic mass is 9.99. The van der Waals surface area contributed by atoms with Crippen molar-refractivity contribution in [2.24, 2.45) is 4.99 Å². The van der Waals surface area contributed by atoms with Gasteiger partial charge in [-0.3, -0.25) is 19.3 Å². The van der Waals surface area contributed by atoms with E-state index in [0.717, 1.165) is 22.9 Å². The van der Waals surface area contributed by atoms with Gasteiger partial charge in [0.05, 0.1) is 23.4 Å². The van der Waals surface area contributed by atoms with Crippen LogP contribution in [0.5, 0.6) is 5.75 Å². The number of thioether (sulfide) groups is 1. The maximum absolute atomic E-state index is 13.8. The summed E-state index contributed by atoms with van der Waals surface area (Å²) in [5, 5.41) is 3.20. The topological polar surface area (TPSA) is 88.1 Å². The number of ether oxygens (including phenoxy) is 1. The Morgan fingerprint density at radius 2 is 1.72 bits per heavy atom. The van der Waals surface area contributed by atoms with Gasteiger partial charge in [0, 0.05) is 5.70 Å². The van der Waals surface area contributed by atoms with Crippen LogP contribution in [-0.4, -0.2) is 40.7 Å². The number of carbonyl (C=O) groups excluding carboxylic acids is 3. The summed E-state index contributed by atoms with van der Waals surface area (Å²) in [7, 11) is 1.55. The van der Waals surface area contributed by atoms with Gasteiger partial charge in [-0.2, -0.15) is 4.99 Å². The van der Waals surface area contributed by atoms with Crippen LogP contribution in [0.1, 0.15) is 29.7 Å². The van der Waals surface area contributed by atoms with Crippen LogP contribution in [0.25, 0.3) is 6.08 Å². The molecule has 3 aromatic carbocycles. The fraction of sp³-hybridized carbons (Fsp3) is 0.118. The Kier molecular flexibility index (Phi) is 11.1. The van der Waals surface area contributed by atoms with Crippen LogP contribution in [0, 0.1) is 0 Å². The molecule has 0 atom stereocenters. The third-order valence-electron chi connectivity index (χ3n) is 6.40. The molecule has 0 fully saturated rings. The predicted octanol–water partition coefficient (Wildman–Crippen LogP) is 6.85. The van der Waals surface area contributed by atoms with Crippen molar-refractivity contribution in [1.29, 1.82) is 0 Å². The molecule has 9 heteroatoms. The molecule has 1 aliphatic rings. The molecule has 1 aliphatic heterocycles. The van der Waals surface area contributed by atoms with Crippen molar-refractivity contribution in [1.82, 2.24) is 10.2 Å². The molecule has 0 bridgehead atoms. The van der Waals surface area contributed by atoms with Crippen LogP contribution >= 0.6 is 27.7 Å². The average Bonchev–Trinajstić information content (AvgIpc) is 3.03. The number of amides is 3. The van der Waals surface area contributed by atoms with Gasteiger partial charge in [0.25, 0.3) is 11.8 Å². The van der Waals surface area contributed by atoms with Crippen LogP contribution in [0.15, 0.2) is 130 Å². The maximum Gasteiger partial charge on any atom is 0.285 e. The molecule has 1 heterocycles. The molecule has 3 amide bonds. The number of hydrogen-bond acceptors (Lipinski definition) is 5. The zero-order valence-corrected chi connectivity index (χ0v) is 26.1. The first-order chi connectivity index (χ1) is 20.9. The van der Waals surface area contributed by atoms with Gasteiger partial charge in [0.2, 0.25) is 5.91 Å². The number of nitrogens with zero attached hydrogens (tertiary/aromatic N) is 2. The van der Waals surface area contributed by atoms with E-state index >= 15 is 0 Å². The molecule has 4 rings (SSSR count). The van der Waals surface area contributed by atoms with E-state index < -0.39 is 11.8 Å². The Morgan fingerprint density at radius 1 is 1.07 bits per heavy atom. The molecule has 0 saturated heterocycles. The predicted molar refractivity (Wildman–Crippen MR) is 176 cm³/mol. The van der Waals surface area contributed by atoms with Gasteiger partial charge < -0.3 is 10.1 Å². The molecule has 7 nitrogen and oxygen atoms in total. The summed E-state index contributed by atoms with van der Waals surface area (Å²) in [6, 6.07) is 24.2. The van der Waals surface area contributed by atoms with Crippen LogP contribution in [-0.2, 0) is 14.4 Å². The average molecular weight is 657 g/mol. The molecule has 0 saturated carbocycles. The number of allylic oxidation sites excluding steroid dienone is 4. The Balaban J connectivity index is 1.62. The highest BCUT2D eigenvalue weighted by Gasteiger charge is 2.35. The number of halogens is 1. The minimum absolute atomic E-state index is 0.0707. The van der Waals surface area contributed by atoms with Crippen LogP contribution in [0.2, 0.25) is 0 Å². The van der Waals surface area contributed by atoms with Crippen molar-refractivity contribution >= 4 is 56.7 Å². The summed E-state index contributed by atoms with van der Waals surface area (Å²) in [4.78, 5) is 45.9. The van der Waals surface area contributed by atoms with Crippen LogP contribution in [0.4, 0.5) is 0 Å². The zero-order valence-electron chi connectivity index (χ0n) is 23.7. The second-order valence-corrected chi connectivity index (χ2v) is 11.0. The number of rotatable bonds is 10.